The van der Waals surface area contributed by atoms with Crippen molar-refractivity contribution >= 4 is 55.9 Å². The molecule has 10 heteroatoms. The van der Waals surface area contributed by atoms with Gasteiger partial charge in [-0.2, -0.15) is 0 Å². The number of phenolic OH excluding ortho intramolecular Hbond substituents is 1. The molecule has 0 radical (unpaired) electrons. The largest absolute Gasteiger partial charge is 0.506 e. The van der Waals surface area contributed by atoms with Gasteiger partial charge in [0.15, 0.2) is 4.34 Å². The topological polar surface area (TPSA) is 80.5 Å². The van der Waals surface area contributed by atoms with Crippen molar-refractivity contribution < 1.29 is 14.6 Å². The summed E-state index contributed by atoms with van der Waals surface area (Å²) in [5.74, 6) is 0.484. The molecule has 176 valence electrons. The highest BCUT2D eigenvalue weighted by atomic mass is 79.9. The number of phenols is 1. The number of carbonyl (C=O) groups is 1. The predicted molar refractivity (Wildman–Crippen MR) is 134 cm³/mol. The molecule has 7 nitrogen and oxygen atoms in total. The Morgan fingerprint density at radius 3 is 2.73 bits per heavy atom. The first kappa shape index (κ1) is 23.1. The van der Waals surface area contributed by atoms with Gasteiger partial charge in [0.05, 0.1) is 22.2 Å². The second-order valence-corrected chi connectivity index (χ2v) is 11.8. The zero-order chi connectivity index (χ0) is 23.1. The van der Waals surface area contributed by atoms with Crippen LogP contribution in [0.3, 0.4) is 0 Å². The molecule has 5 rings (SSSR count). The van der Waals surface area contributed by atoms with Crippen LogP contribution in [0.4, 0.5) is 0 Å². The summed E-state index contributed by atoms with van der Waals surface area (Å²) in [5.41, 5.74) is 3.33. The summed E-state index contributed by atoms with van der Waals surface area (Å²) in [7, 11) is 0. The summed E-state index contributed by atoms with van der Waals surface area (Å²) >= 11 is 6.74. The van der Waals surface area contributed by atoms with Crippen LogP contribution in [0.25, 0.3) is 10.9 Å². The Kier molecular flexibility index (Phi) is 6.70. The first-order chi connectivity index (χ1) is 16.0. The number of carbonyl (C=O) groups excluding carboxylic acids is 1. The molecule has 2 aromatic heterocycles. The molecule has 0 spiro atoms. The first-order valence-corrected chi connectivity index (χ1v) is 14.0. The van der Waals surface area contributed by atoms with Gasteiger partial charge in [-0.05, 0) is 74.6 Å². The number of halogens is 1. The van der Waals surface area contributed by atoms with E-state index in [1.807, 2.05) is 19.9 Å². The lowest BCUT2D eigenvalue weighted by Crippen LogP contribution is -2.19. The molecule has 0 bridgehead atoms. The van der Waals surface area contributed by atoms with Gasteiger partial charge in [0, 0.05) is 35.0 Å². The smallest absolute Gasteiger partial charge is 0.340 e. The maximum atomic E-state index is 13.4. The van der Waals surface area contributed by atoms with Crippen molar-refractivity contribution in [3.63, 3.8) is 0 Å². The summed E-state index contributed by atoms with van der Waals surface area (Å²) in [6, 6.07) is 2.32. The summed E-state index contributed by atoms with van der Waals surface area (Å²) < 4.78 is 9.40. The molecular formula is C23H27BrN4O3S2. The van der Waals surface area contributed by atoms with Crippen molar-refractivity contribution in [2.45, 2.75) is 62.2 Å². The minimum atomic E-state index is -0.324. The van der Waals surface area contributed by atoms with Crippen molar-refractivity contribution in [2.75, 3.05) is 19.7 Å². The van der Waals surface area contributed by atoms with E-state index in [1.165, 1.54) is 0 Å². The number of nitrogens with zero attached hydrogens (tertiary/aromatic N) is 4. The quantitative estimate of drug-likeness (QED) is 0.286. The number of hydrogen-bond donors (Lipinski definition) is 1. The number of esters is 1. The summed E-state index contributed by atoms with van der Waals surface area (Å²) in [6.07, 6.45) is 4.49. The number of thioether (sulfide) groups is 1. The van der Waals surface area contributed by atoms with Gasteiger partial charge in [-0.15, -0.1) is 10.2 Å². The van der Waals surface area contributed by atoms with Gasteiger partial charge in [-0.25, -0.2) is 4.79 Å². The van der Waals surface area contributed by atoms with Crippen LogP contribution < -0.4 is 0 Å². The van der Waals surface area contributed by atoms with E-state index in [9.17, 15) is 9.90 Å². The highest BCUT2D eigenvalue weighted by Crippen LogP contribution is 2.47. The Hall–Kier alpha value is -1.62. The predicted octanol–water partition coefficient (Wildman–Crippen LogP) is 5.67. The van der Waals surface area contributed by atoms with E-state index in [0.717, 1.165) is 70.3 Å². The fraction of sp³-hybridized carbons (Fsp3) is 0.522. The van der Waals surface area contributed by atoms with Crippen LogP contribution in [-0.2, 0) is 17.0 Å². The molecule has 2 fully saturated rings. The molecule has 2 aliphatic rings. The van der Waals surface area contributed by atoms with E-state index >= 15 is 0 Å². The standard InChI is InChI=1S/C23H27BrN4O3S2/c1-3-31-22(30)20-18(12-32-23-26-25-13(2)33-23)28(14-6-7-14)17-10-16(24)21(29)15(19(17)20)11-27-8-4-5-9-27/h10,14,29H,3-9,11-12H2,1-2H3. The molecule has 1 saturated carbocycles. The molecule has 1 N–H and O–H groups in total. The molecular weight excluding hydrogens is 524 g/mol. The van der Waals surface area contributed by atoms with E-state index in [0.29, 0.717) is 35.0 Å². The van der Waals surface area contributed by atoms with Crippen molar-refractivity contribution in [2.24, 2.45) is 0 Å². The summed E-state index contributed by atoms with van der Waals surface area (Å²) in [4.78, 5) is 15.7. The van der Waals surface area contributed by atoms with Gasteiger partial charge in [0.1, 0.15) is 10.8 Å². The Labute approximate surface area is 209 Å². The van der Waals surface area contributed by atoms with E-state index in [2.05, 4.69) is 35.6 Å². The molecule has 0 unspecified atom stereocenters. The molecule has 1 aliphatic carbocycles. The van der Waals surface area contributed by atoms with Crippen LogP contribution in [0.2, 0.25) is 0 Å². The van der Waals surface area contributed by atoms with E-state index in [1.54, 1.807) is 23.1 Å². The highest BCUT2D eigenvalue weighted by Gasteiger charge is 2.35. The molecule has 0 atom stereocenters. The third-order valence-corrected chi connectivity index (χ3v) is 8.82. The Bertz CT molecular complexity index is 1200. The van der Waals surface area contributed by atoms with Gasteiger partial charge in [-0.1, -0.05) is 23.1 Å². The third kappa shape index (κ3) is 4.54. The van der Waals surface area contributed by atoms with Crippen molar-refractivity contribution in [3.05, 3.63) is 32.4 Å². The Balaban J connectivity index is 1.70. The zero-order valence-electron chi connectivity index (χ0n) is 18.8. The number of rotatable bonds is 8. The molecule has 1 aliphatic heterocycles. The average Bonchev–Trinajstić information content (AvgIpc) is 3.17. The van der Waals surface area contributed by atoms with Gasteiger partial charge >= 0.3 is 5.97 Å². The minimum absolute atomic E-state index is 0.215. The number of fused-ring (bicyclic) bond motifs is 1. The van der Waals surface area contributed by atoms with Crippen LogP contribution in [0.5, 0.6) is 5.75 Å². The maximum absolute atomic E-state index is 13.4. The SMILES string of the molecule is CCOC(=O)c1c(CSc2nnc(C)s2)n(C2CC2)c2cc(Br)c(O)c(CN3CCCC3)c12. The van der Waals surface area contributed by atoms with Crippen molar-refractivity contribution in [1.29, 1.82) is 0 Å². The Morgan fingerprint density at radius 1 is 1.33 bits per heavy atom. The van der Waals surface area contributed by atoms with Crippen LogP contribution in [0, 0.1) is 6.92 Å². The molecule has 33 heavy (non-hydrogen) atoms. The van der Waals surface area contributed by atoms with E-state index in [-0.39, 0.29) is 11.7 Å². The molecule has 1 aromatic carbocycles. The van der Waals surface area contributed by atoms with Gasteiger partial charge in [-0.3, -0.25) is 4.90 Å². The fourth-order valence-electron chi connectivity index (χ4n) is 4.66. The van der Waals surface area contributed by atoms with Gasteiger partial charge in [0.2, 0.25) is 0 Å². The second-order valence-electron chi connectivity index (χ2n) is 8.58. The van der Waals surface area contributed by atoms with Crippen LogP contribution in [0.15, 0.2) is 14.9 Å². The second kappa shape index (κ2) is 9.56. The lowest BCUT2D eigenvalue weighted by atomic mass is 10.0. The number of benzene rings is 1. The lowest BCUT2D eigenvalue weighted by Gasteiger charge is -2.18. The van der Waals surface area contributed by atoms with Gasteiger partial charge < -0.3 is 14.4 Å². The van der Waals surface area contributed by atoms with Crippen molar-refractivity contribution in [1.82, 2.24) is 19.7 Å². The molecule has 3 aromatic rings. The normalized spacial score (nSPS) is 16.7. The number of aryl methyl sites for hydroxylation is 1. The number of aromatic nitrogens is 3. The molecule has 0 amide bonds. The number of ether oxygens (including phenoxy) is 1. The Morgan fingerprint density at radius 2 is 2.09 bits per heavy atom. The average molecular weight is 552 g/mol. The fourth-order valence-corrected chi connectivity index (χ4v) is 6.95. The van der Waals surface area contributed by atoms with E-state index in [4.69, 9.17) is 4.74 Å². The summed E-state index contributed by atoms with van der Waals surface area (Å²) in [6.45, 7) is 6.70. The first-order valence-electron chi connectivity index (χ1n) is 11.4. The van der Waals surface area contributed by atoms with Crippen molar-refractivity contribution in [3.8, 4) is 5.75 Å². The molecule has 1 saturated heterocycles. The maximum Gasteiger partial charge on any atom is 0.340 e. The van der Waals surface area contributed by atoms with Crippen LogP contribution >= 0.6 is 39.0 Å². The number of aromatic hydroxyl groups is 1. The monoisotopic (exact) mass is 550 g/mol. The number of likely N-dealkylation sites (tertiary alicyclic amines) is 1. The third-order valence-electron chi connectivity index (χ3n) is 6.23. The highest BCUT2D eigenvalue weighted by molar-refractivity contribution is 9.10. The van der Waals surface area contributed by atoms with Crippen LogP contribution in [0.1, 0.15) is 65.3 Å². The zero-order valence-corrected chi connectivity index (χ0v) is 22.0. The summed E-state index contributed by atoms with van der Waals surface area (Å²) in [5, 5.41) is 21.2. The van der Waals surface area contributed by atoms with E-state index < -0.39 is 0 Å². The number of hydrogen-bond acceptors (Lipinski definition) is 8. The van der Waals surface area contributed by atoms with Crippen LogP contribution in [-0.4, -0.2) is 50.4 Å². The van der Waals surface area contributed by atoms with Gasteiger partial charge in [0.25, 0.3) is 0 Å². The minimum Gasteiger partial charge on any atom is -0.506 e. The molecule has 3 heterocycles. The lowest BCUT2D eigenvalue weighted by molar-refractivity contribution is 0.0527.